The van der Waals surface area contributed by atoms with Crippen molar-refractivity contribution < 1.29 is 9.53 Å². The molecule has 0 saturated carbocycles. The van der Waals surface area contributed by atoms with Gasteiger partial charge in [0.15, 0.2) is 0 Å². The minimum atomic E-state index is 0.0488. The number of ether oxygens (including phenoxy) is 1. The van der Waals surface area contributed by atoms with Crippen LogP contribution in [0.2, 0.25) is 0 Å². The Bertz CT molecular complexity index is 631. The maximum absolute atomic E-state index is 12.4. The molecule has 5 nitrogen and oxygen atoms in total. The largest absolute Gasteiger partial charge is 0.497 e. The van der Waals surface area contributed by atoms with Gasteiger partial charge in [0, 0.05) is 13.1 Å². The van der Waals surface area contributed by atoms with E-state index in [4.69, 9.17) is 4.74 Å². The molecule has 1 aromatic heterocycles. The van der Waals surface area contributed by atoms with Crippen LogP contribution in [0.4, 0.5) is 0 Å². The molecular formula is C15H17N3O2. The van der Waals surface area contributed by atoms with Crippen LogP contribution in [-0.2, 0) is 13.1 Å². The standard InChI is InChI=1S/C15H17N3O2/c1-11-9-14-15(19)17(7-8-18(14)16-11)10-12-3-5-13(20-2)6-4-12/h3-6,9H,7-8,10H2,1-2H3. The molecule has 0 atom stereocenters. The summed E-state index contributed by atoms with van der Waals surface area (Å²) in [5.41, 5.74) is 2.67. The van der Waals surface area contributed by atoms with Gasteiger partial charge in [-0.1, -0.05) is 12.1 Å². The third kappa shape index (κ3) is 2.27. The molecule has 20 heavy (non-hydrogen) atoms. The Labute approximate surface area is 117 Å². The number of hydrogen-bond donors (Lipinski definition) is 0. The summed E-state index contributed by atoms with van der Waals surface area (Å²) in [5, 5.41) is 4.32. The molecule has 2 aromatic rings. The number of nitrogens with zero attached hydrogens (tertiary/aromatic N) is 3. The number of aryl methyl sites for hydroxylation is 1. The first-order valence-corrected chi connectivity index (χ1v) is 6.64. The summed E-state index contributed by atoms with van der Waals surface area (Å²) in [7, 11) is 1.65. The predicted molar refractivity (Wildman–Crippen MR) is 74.7 cm³/mol. The Morgan fingerprint density at radius 2 is 2.00 bits per heavy atom. The lowest BCUT2D eigenvalue weighted by Crippen LogP contribution is -2.39. The molecule has 0 spiro atoms. The molecule has 0 unspecified atom stereocenters. The lowest BCUT2D eigenvalue weighted by atomic mass is 10.2. The van der Waals surface area contributed by atoms with E-state index in [0.29, 0.717) is 18.8 Å². The molecular weight excluding hydrogens is 254 g/mol. The first kappa shape index (κ1) is 12.7. The fourth-order valence-electron chi connectivity index (χ4n) is 2.47. The molecule has 5 heteroatoms. The highest BCUT2D eigenvalue weighted by atomic mass is 16.5. The molecule has 0 fully saturated rings. The van der Waals surface area contributed by atoms with Gasteiger partial charge in [0.1, 0.15) is 11.4 Å². The van der Waals surface area contributed by atoms with Crippen LogP contribution in [-0.4, -0.2) is 34.2 Å². The fourth-order valence-corrected chi connectivity index (χ4v) is 2.47. The Balaban J connectivity index is 1.77. The van der Waals surface area contributed by atoms with Crippen LogP contribution in [0.1, 0.15) is 21.7 Å². The number of aromatic nitrogens is 2. The molecule has 0 aliphatic carbocycles. The summed E-state index contributed by atoms with van der Waals surface area (Å²) in [4.78, 5) is 14.3. The second-order valence-corrected chi connectivity index (χ2v) is 4.97. The molecule has 1 aliphatic heterocycles. The van der Waals surface area contributed by atoms with E-state index in [1.54, 1.807) is 11.8 Å². The van der Waals surface area contributed by atoms with E-state index >= 15 is 0 Å². The fraction of sp³-hybridized carbons (Fsp3) is 0.333. The Morgan fingerprint density at radius 1 is 1.25 bits per heavy atom. The van der Waals surface area contributed by atoms with Crippen molar-refractivity contribution in [3.8, 4) is 5.75 Å². The van der Waals surface area contributed by atoms with Crippen LogP contribution in [0, 0.1) is 6.92 Å². The number of rotatable bonds is 3. The maximum Gasteiger partial charge on any atom is 0.272 e. The Hall–Kier alpha value is -2.30. The summed E-state index contributed by atoms with van der Waals surface area (Å²) in [6.07, 6.45) is 0. The highest BCUT2D eigenvalue weighted by Crippen LogP contribution is 2.18. The quantitative estimate of drug-likeness (QED) is 0.856. The number of carbonyl (C=O) groups excluding carboxylic acids is 1. The zero-order chi connectivity index (χ0) is 14.1. The van der Waals surface area contributed by atoms with E-state index in [9.17, 15) is 4.79 Å². The highest BCUT2D eigenvalue weighted by Gasteiger charge is 2.25. The molecule has 0 bridgehead atoms. The summed E-state index contributed by atoms with van der Waals surface area (Å²) in [6.45, 7) is 3.98. The predicted octanol–water partition coefficient (Wildman–Crippen LogP) is 1.86. The number of benzene rings is 1. The minimum Gasteiger partial charge on any atom is -0.497 e. The summed E-state index contributed by atoms with van der Waals surface area (Å²) in [5.74, 6) is 0.875. The Morgan fingerprint density at radius 3 is 2.70 bits per heavy atom. The van der Waals surface area contributed by atoms with Gasteiger partial charge in [-0.2, -0.15) is 5.10 Å². The van der Waals surface area contributed by atoms with E-state index in [1.165, 1.54) is 0 Å². The van der Waals surface area contributed by atoms with E-state index < -0.39 is 0 Å². The smallest absolute Gasteiger partial charge is 0.272 e. The third-order valence-electron chi connectivity index (χ3n) is 3.52. The third-order valence-corrected chi connectivity index (χ3v) is 3.52. The van der Waals surface area contributed by atoms with Crippen LogP contribution in [0.5, 0.6) is 5.75 Å². The van der Waals surface area contributed by atoms with E-state index in [2.05, 4.69) is 5.10 Å². The van der Waals surface area contributed by atoms with Crippen LogP contribution in [0.3, 0.4) is 0 Å². The number of amides is 1. The van der Waals surface area contributed by atoms with Gasteiger partial charge < -0.3 is 9.64 Å². The number of methoxy groups -OCH3 is 1. The molecule has 0 N–H and O–H groups in total. The van der Waals surface area contributed by atoms with Crippen LogP contribution < -0.4 is 4.74 Å². The van der Waals surface area contributed by atoms with Gasteiger partial charge in [-0.05, 0) is 30.7 Å². The number of carbonyl (C=O) groups is 1. The number of fused-ring (bicyclic) bond motifs is 1. The van der Waals surface area contributed by atoms with Crippen LogP contribution >= 0.6 is 0 Å². The topological polar surface area (TPSA) is 47.4 Å². The molecule has 0 radical (unpaired) electrons. The summed E-state index contributed by atoms with van der Waals surface area (Å²) in [6, 6.07) is 9.66. The normalized spacial score (nSPS) is 14.3. The molecule has 2 heterocycles. The molecule has 104 valence electrons. The van der Waals surface area contributed by atoms with Crippen molar-refractivity contribution in [1.82, 2.24) is 14.7 Å². The maximum atomic E-state index is 12.4. The van der Waals surface area contributed by atoms with E-state index in [1.807, 2.05) is 42.2 Å². The summed E-state index contributed by atoms with van der Waals surface area (Å²) >= 11 is 0. The van der Waals surface area contributed by atoms with Crippen molar-refractivity contribution in [3.63, 3.8) is 0 Å². The lowest BCUT2D eigenvalue weighted by Gasteiger charge is -2.27. The van der Waals surface area contributed by atoms with Crippen molar-refractivity contribution in [1.29, 1.82) is 0 Å². The molecule has 1 aromatic carbocycles. The monoisotopic (exact) mass is 271 g/mol. The highest BCUT2D eigenvalue weighted by molar-refractivity contribution is 5.93. The second-order valence-electron chi connectivity index (χ2n) is 4.97. The first-order valence-electron chi connectivity index (χ1n) is 6.64. The first-order chi connectivity index (χ1) is 9.67. The van der Waals surface area contributed by atoms with E-state index in [0.717, 1.165) is 23.6 Å². The van der Waals surface area contributed by atoms with Crippen molar-refractivity contribution in [2.75, 3.05) is 13.7 Å². The zero-order valence-corrected chi connectivity index (χ0v) is 11.7. The van der Waals surface area contributed by atoms with Gasteiger partial charge in [0.05, 0.1) is 19.3 Å². The van der Waals surface area contributed by atoms with E-state index in [-0.39, 0.29) is 5.91 Å². The van der Waals surface area contributed by atoms with Crippen molar-refractivity contribution in [2.24, 2.45) is 0 Å². The van der Waals surface area contributed by atoms with Crippen LogP contribution in [0.25, 0.3) is 0 Å². The molecule has 3 rings (SSSR count). The van der Waals surface area contributed by atoms with Gasteiger partial charge in [-0.25, -0.2) is 0 Å². The minimum absolute atomic E-state index is 0.0488. The zero-order valence-electron chi connectivity index (χ0n) is 11.7. The summed E-state index contributed by atoms with van der Waals surface area (Å²) < 4.78 is 6.93. The SMILES string of the molecule is COc1ccc(CN2CCn3nc(C)cc3C2=O)cc1. The van der Waals surface area contributed by atoms with Gasteiger partial charge in [-0.15, -0.1) is 0 Å². The molecule has 0 saturated heterocycles. The van der Waals surface area contributed by atoms with Gasteiger partial charge in [0.25, 0.3) is 5.91 Å². The van der Waals surface area contributed by atoms with Crippen LogP contribution in [0.15, 0.2) is 30.3 Å². The van der Waals surface area contributed by atoms with Gasteiger partial charge >= 0.3 is 0 Å². The molecule has 1 amide bonds. The van der Waals surface area contributed by atoms with Crippen molar-refractivity contribution >= 4 is 5.91 Å². The second kappa shape index (κ2) is 5.00. The van der Waals surface area contributed by atoms with Gasteiger partial charge in [-0.3, -0.25) is 9.48 Å². The average molecular weight is 271 g/mol. The average Bonchev–Trinajstić information content (AvgIpc) is 2.84. The van der Waals surface area contributed by atoms with Crippen molar-refractivity contribution in [2.45, 2.75) is 20.0 Å². The van der Waals surface area contributed by atoms with Crippen molar-refractivity contribution in [3.05, 3.63) is 47.3 Å². The molecule has 1 aliphatic rings. The number of hydrogen-bond acceptors (Lipinski definition) is 3. The lowest BCUT2D eigenvalue weighted by molar-refractivity contribution is 0.0683. The van der Waals surface area contributed by atoms with Gasteiger partial charge in [0.2, 0.25) is 0 Å². The Kier molecular flexibility index (Phi) is 3.18.